The fraction of sp³-hybridized carbons (Fsp3) is 0.632. The first-order valence-electron chi connectivity index (χ1n) is 9.24. The van der Waals surface area contributed by atoms with Crippen molar-refractivity contribution < 1.29 is 14.8 Å². The Hall–Kier alpha value is -2.11. The standard InChI is InChI=1S/C19H28N2O4/c1-3-14(13-19(22)23)15-10-11-17(18(12-15)21(24)25)20(4-2)16-8-6-5-7-9-16/h10-12,14,16H,3-9,13H2,1-2H3,(H,22,23)/t14-/m1/s1. The maximum Gasteiger partial charge on any atom is 0.303 e. The Balaban J connectivity index is 2.37. The predicted molar refractivity (Wildman–Crippen MR) is 98.3 cm³/mol. The van der Waals surface area contributed by atoms with Crippen molar-refractivity contribution in [2.24, 2.45) is 0 Å². The van der Waals surface area contributed by atoms with Crippen LogP contribution < -0.4 is 4.90 Å². The van der Waals surface area contributed by atoms with Crippen molar-refractivity contribution in [1.29, 1.82) is 0 Å². The van der Waals surface area contributed by atoms with Gasteiger partial charge in [-0.1, -0.05) is 32.3 Å². The van der Waals surface area contributed by atoms with Crippen molar-refractivity contribution in [3.8, 4) is 0 Å². The van der Waals surface area contributed by atoms with Crippen LogP contribution in [0.1, 0.15) is 70.3 Å². The average molecular weight is 348 g/mol. The van der Waals surface area contributed by atoms with Crippen molar-refractivity contribution >= 4 is 17.3 Å². The number of aliphatic carboxylic acids is 1. The monoisotopic (exact) mass is 348 g/mol. The van der Waals surface area contributed by atoms with Crippen LogP contribution in [-0.4, -0.2) is 28.6 Å². The molecule has 0 aliphatic heterocycles. The summed E-state index contributed by atoms with van der Waals surface area (Å²) in [6, 6.07) is 5.61. The number of nitro benzene ring substituents is 1. The van der Waals surface area contributed by atoms with Crippen molar-refractivity contribution in [1.82, 2.24) is 0 Å². The van der Waals surface area contributed by atoms with Crippen LogP contribution in [0.5, 0.6) is 0 Å². The second-order valence-electron chi connectivity index (χ2n) is 6.79. The van der Waals surface area contributed by atoms with Crippen LogP contribution in [-0.2, 0) is 4.79 Å². The molecule has 0 bridgehead atoms. The number of anilines is 1. The number of hydrogen-bond donors (Lipinski definition) is 1. The Morgan fingerprint density at radius 2 is 2.00 bits per heavy atom. The molecule has 1 aliphatic rings. The van der Waals surface area contributed by atoms with Gasteiger partial charge >= 0.3 is 5.97 Å². The summed E-state index contributed by atoms with van der Waals surface area (Å²) >= 11 is 0. The van der Waals surface area contributed by atoms with Crippen LogP contribution in [0, 0.1) is 10.1 Å². The molecule has 0 radical (unpaired) electrons. The molecule has 6 nitrogen and oxygen atoms in total. The van der Waals surface area contributed by atoms with Crippen LogP contribution in [0.2, 0.25) is 0 Å². The van der Waals surface area contributed by atoms with E-state index in [4.69, 9.17) is 5.11 Å². The fourth-order valence-electron chi connectivity index (χ4n) is 3.91. The molecular weight excluding hydrogens is 320 g/mol. The first kappa shape index (κ1) is 19.2. The molecule has 0 unspecified atom stereocenters. The highest BCUT2D eigenvalue weighted by molar-refractivity contribution is 5.69. The Kier molecular flexibility index (Phi) is 6.79. The van der Waals surface area contributed by atoms with Crippen molar-refractivity contribution in [3.05, 3.63) is 33.9 Å². The number of benzene rings is 1. The summed E-state index contributed by atoms with van der Waals surface area (Å²) in [5.74, 6) is -1.08. The van der Waals surface area contributed by atoms with Gasteiger partial charge in [0.25, 0.3) is 5.69 Å². The third-order valence-corrected chi connectivity index (χ3v) is 5.25. The van der Waals surface area contributed by atoms with E-state index in [2.05, 4.69) is 4.90 Å². The SMILES string of the molecule is CC[C@H](CC(=O)O)c1ccc(N(CC)C2CCCCC2)c([N+](=O)[O-])c1. The molecule has 6 heteroatoms. The normalized spacial score (nSPS) is 16.4. The summed E-state index contributed by atoms with van der Waals surface area (Å²) in [6.07, 6.45) is 6.36. The van der Waals surface area contributed by atoms with E-state index in [0.29, 0.717) is 18.2 Å². The molecule has 1 N–H and O–H groups in total. The van der Waals surface area contributed by atoms with Gasteiger partial charge in [-0.05, 0) is 43.7 Å². The van der Waals surface area contributed by atoms with Gasteiger partial charge in [0, 0.05) is 18.7 Å². The molecule has 1 saturated carbocycles. The van der Waals surface area contributed by atoms with Crippen molar-refractivity contribution in [3.63, 3.8) is 0 Å². The molecule has 0 saturated heterocycles. The Morgan fingerprint density at radius 1 is 1.32 bits per heavy atom. The Morgan fingerprint density at radius 3 is 2.52 bits per heavy atom. The highest BCUT2D eigenvalue weighted by Crippen LogP contribution is 2.36. The van der Waals surface area contributed by atoms with E-state index in [1.165, 1.54) is 19.3 Å². The van der Waals surface area contributed by atoms with Crippen molar-refractivity contribution in [2.45, 2.75) is 70.8 Å². The number of carboxylic acids is 1. The number of hydrogen-bond acceptors (Lipinski definition) is 4. The molecule has 1 aromatic rings. The zero-order chi connectivity index (χ0) is 18.4. The second kappa shape index (κ2) is 8.83. The molecule has 2 rings (SSSR count). The van der Waals surface area contributed by atoms with Gasteiger partial charge < -0.3 is 10.0 Å². The smallest absolute Gasteiger partial charge is 0.303 e. The zero-order valence-electron chi connectivity index (χ0n) is 15.1. The maximum absolute atomic E-state index is 11.7. The van der Waals surface area contributed by atoms with Crippen LogP contribution >= 0.6 is 0 Å². The van der Waals surface area contributed by atoms with Gasteiger partial charge in [-0.2, -0.15) is 0 Å². The summed E-state index contributed by atoms with van der Waals surface area (Å²) in [6.45, 7) is 4.68. The number of nitro groups is 1. The van der Waals surface area contributed by atoms with Crippen LogP contribution in [0.25, 0.3) is 0 Å². The van der Waals surface area contributed by atoms with Crippen LogP contribution in [0.4, 0.5) is 11.4 Å². The van der Waals surface area contributed by atoms with E-state index in [-0.39, 0.29) is 22.9 Å². The molecular formula is C19H28N2O4. The lowest BCUT2D eigenvalue weighted by Crippen LogP contribution is -2.37. The molecule has 25 heavy (non-hydrogen) atoms. The van der Waals surface area contributed by atoms with Gasteiger partial charge in [-0.15, -0.1) is 0 Å². The number of nitrogens with zero attached hydrogens (tertiary/aromatic N) is 2. The minimum absolute atomic E-state index is 0.00683. The first-order chi connectivity index (χ1) is 12.0. The van der Waals surface area contributed by atoms with E-state index < -0.39 is 5.97 Å². The number of rotatable bonds is 8. The lowest BCUT2D eigenvalue weighted by atomic mass is 9.91. The van der Waals surface area contributed by atoms with E-state index in [1.54, 1.807) is 6.07 Å². The molecule has 138 valence electrons. The molecule has 1 fully saturated rings. The number of carbonyl (C=O) groups is 1. The van der Waals surface area contributed by atoms with Crippen LogP contribution in [0.15, 0.2) is 18.2 Å². The first-order valence-corrected chi connectivity index (χ1v) is 9.24. The largest absolute Gasteiger partial charge is 0.481 e. The van der Waals surface area contributed by atoms with E-state index >= 15 is 0 Å². The van der Waals surface area contributed by atoms with E-state index in [1.807, 2.05) is 26.0 Å². The third kappa shape index (κ3) is 4.71. The molecule has 0 amide bonds. The fourth-order valence-corrected chi connectivity index (χ4v) is 3.91. The zero-order valence-corrected chi connectivity index (χ0v) is 15.1. The Bertz CT molecular complexity index is 611. The average Bonchev–Trinajstić information content (AvgIpc) is 2.61. The molecule has 1 aliphatic carbocycles. The van der Waals surface area contributed by atoms with Gasteiger partial charge in [0.1, 0.15) is 5.69 Å². The lowest BCUT2D eigenvalue weighted by molar-refractivity contribution is -0.384. The predicted octanol–water partition coefficient (Wildman–Crippen LogP) is 4.72. The van der Waals surface area contributed by atoms with Gasteiger partial charge in [-0.25, -0.2) is 0 Å². The summed E-state index contributed by atoms with van der Waals surface area (Å²) in [5, 5.41) is 20.7. The minimum atomic E-state index is -0.879. The molecule has 0 spiro atoms. The highest BCUT2D eigenvalue weighted by Gasteiger charge is 2.27. The lowest BCUT2D eigenvalue weighted by Gasteiger charge is -2.35. The molecule has 0 heterocycles. The van der Waals surface area contributed by atoms with Gasteiger partial charge in [0.15, 0.2) is 0 Å². The maximum atomic E-state index is 11.7. The minimum Gasteiger partial charge on any atom is -0.481 e. The van der Waals surface area contributed by atoms with Gasteiger partial charge in [-0.3, -0.25) is 14.9 Å². The highest BCUT2D eigenvalue weighted by atomic mass is 16.6. The number of carboxylic acid groups (broad SMARTS) is 1. The van der Waals surface area contributed by atoms with Crippen LogP contribution in [0.3, 0.4) is 0 Å². The Labute approximate surface area is 149 Å². The third-order valence-electron chi connectivity index (χ3n) is 5.25. The quantitative estimate of drug-likeness (QED) is 0.543. The van der Waals surface area contributed by atoms with Gasteiger partial charge in [0.05, 0.1) is 11.3 Å². The summed E-state index contributed by atoms with van der Waals surface area (Å²) in [5.41, 5.74) is 1.49. The summed E-state index contributed by atoms with van der Waals surface area (Å²) in [7, 11) is 0. The summed E-state index contributed by atoms with van der Waals surface area (Å²) < 4.78 is 0. The molecule has 1 aromatic carbocycles. The van der Waals surface area contributed by atoms with E-state index in [9.17, 15) is 14.9 Å². The van der Waals surface area contributed by atoms with E-state index in [0.717, 1.165) is 24.9 Å². The van der Waals surface area contributed by atoms with Crippen molar-refractivity contribution in [2.75, 3.05) is 11.4 Å². The van der Waals surface area contributed by atoms with Gasteiger partial charge in [0.2, 0.25) is 0 Å². The topological polar surface area (TPSA) is 83.7 Å². The second-order valence-corrected chi connectivity index (χ2v) is 6.79. The summed E-state index contributed by atoms with van der Waals surface area (Å²) in [4.78, 5) is 24.5. The molecule has 1 atom stereocenters. The molecule has 0 aromatic heterocycles.